The number of hydrogen-bond donors (Lipinski definition) is 1. The molecule has 6 heteroatoms. The summed E-state index contributed by atoms with van der Waals surface area (Å²) in [6, 6.07) is 8.50. The molecule has 1 atom stereocenters. The fourth-order valence-electron chi connectivity index (χ4n) is 4.21. The van der Waals surface area contributed by atoms with Crippen LogP contribution in [0, 0.1) is 0 Å². The van der Waals surface area contributed by atoms with Gasteiger partial charge in [0, 0.05) is 31.1 Å². The van der Waals surface area contributed by atoms with Gasteiger partial charge in [-0.2, -0.15) is 4.98 Å². The summed E-state index contributed by atoms with van der Waals surface area (Å²) in [6.07, 6.45) is 6.24. The van der Waals surface area contributed by atoms with Crippen LogP contribution in [0.2, 0.25) is 0 Å². The first-order valence-corrected chi connectivity index (χ1v) is 9.75. The Labute approximate surface area is 154 Å². The molecule has 2 fully saturated rings. The molecule has 1 N–H and O–H groups in total. The first-order chi connectivity index (χ1) is 12.8. The Kier molecular flexibility index (Phi) is 5.51. The van der Waals surface area contributed by atoms with Gasteiger partial charge in [-0.05, 0) is 18.9 Å². The molecule has 0 radical (unpaired) electrons. The number of piperazine rings is 1. The summed E-state index contributed by atoms with van der Waals surface area (Å²) < 4.78 is 11.2. The number of para-hydroxylation sites is 1. The van der Waals surface area contributed by atoms with Crippen LogP contribution in [0.15, 0.2) is 28.8 Å². The monoisotopic (exact) mass is 356 g/mol. The van der Waals surface area contributed by atoms with E-state index in [-0.39, 0.29) is 6.04 Å². The largest absolute Gasteiger partial charge is 0.496 e. The molecule has 2 aliphatic rings. The second kappa shape index (κ2) is 8.18. The number of nitrogens with one attached hydrogen (secondary N) is 1. The number of hydrogen-bond acceptors (Lipinski definition) is 6. The zero-order valence-electron chi connectivity index (χ0n) is 15.5. The van der Waals surface area contributed by atoms with Gasteiger partial charge in [0.2, 0.25) is 5.89 Å². The summed E-state index contributed by atoms with van der Waals surface area (Å²) in [7, 11) is 1.73. The van der Waals surface area contributed by atoms with Gasteiger partial charge in [-0.3, -0.25) is 4.90 Å². The van der Waals surface area contributed by atoms with Crippen molar-refractivity contribution in [1.82, 2.24) is 20.4 Å². The van der Waals surface area contributed by atoms with E-state index in [1.807, 2.05) is 12.1 Å². The van der Waals surface area contributed by atoms with Crippen LogP contribution in [-0.2, 0) is 6.54 Å². The summed E-state index contributed by atoms with van der Waals surface area (Å²) in [4.78, 5) is 7.15. The highest BCUT2D eigenvalue weighted by Crippen LogP contribution is 2.33. The lowest BCUT2D eigenvalue weighted by Crippen LogP contribution is -2.45. The lowest BCUT2D eigenvalue weighted by atomic mass is 9.89. The minimum absolute atomic E-state index is 0.247. The third-order valence-electron chi connectivity index (χ3n) is 5.63. The third kappa shape index (κ3) is 3.76. The van der Waals surface area contributed by atoms with Crippen molar-refractivity contribution >= 4 is 0 Å². The summed E-state index contributed by atoms with van der Waals surface area (Å²) >= 11 is 0. The molecule has 140 valence electrons. The van der Waals surface area contributed by atoms with Gasteiger partial charge in [0.1, 0.15) is 5.75 Å². The van der Waals surface area contributed by atoms with Gasteiger partial charge in [0.15, 0.2) is 5.82 Å². The predicted molar refractivity (Wildman–Crippen MR) is 99.1 cm³/mol. The normalized spacial score (nSPS) is 22.4. The zero-order chi connectivity index (χ0) is 17.8. The molecule has 4 rings (SSSR count). The van der Waals surface area contributed by atoms with Crippen LogP contribution in [0.3, 0.4) is 0 Å². The molecule has 1 aromatic heterocycles. The Morgan fingerprint density at radius 2 is 2.08 bits per heavy atom. The zero-order valence-corrected chi connectivity index (χ0v) is 15.5. The Morgan fingerprint density at radius 3 is 2.92 bits per heavy atom. The maximum atomic E-state index is 5.60. The molecule has 2 heterocycles. The van der Waals surface area contributed by atoms with Gasteiger partial charge in [-0.15, -0.1) is 0 Å². The molecule has 1 saturated carbocycles. The lowest BCUT2D eigenvalue weighted by Gasteiger charge is -2.36. The highest BCUT2D eigenvalue weighted by atomic mass is 16.5. The highest BCUT2D eigenvalue weighted by Gasteiger charge is 2.28. The predicted octanol–water partition coefficient (Wildman–Crippen LogP) is 3.27. The van der Waals surface area contributed by atoms with Gasteiger partial charge in [0.05, 0.1) is 19.7 Å². The van der Waals surface area contributed by atoms with E-state index in [0.29, 0.717) is 12.5 Å². The van der Waals surface area contributed by atoms with Crippen molar-refractivity contribution in [2.75, 3.05) is 26.7 Å². The minimum Gasteiger partial charge on any atom is -0.496 e. The molecule has 26 heavy (non-hydrogen) atoms. The second-order valence-electron chi connectivity index (χ2n) is 7.32. The van der Waals surface area contributed by atoms with Crippen molar-refractivity contribution in [3.63, 3.8) is 0 Å². The van der Waals surface area contributed by atoms with Crippen molar-refractivity contribution in [3.8, 4) is 5.75 Å². The molecule has 0 spiro atoms. The topological polar surface area (TPSA) is 63.4 Å². The third-order valence-corrected chi connectivity index (χ3v) is 5.63. The molecule has 1 saturated heterocycles. The fourth-order valence-corrected chi connectivity index (χ4v) is 4.21. The van der Waals surface area contributed by atoms with Gasteiger partial charge < -0.3 is 14.6 Å². The van der Waals surface area contributed by atoms with E-state index in [1.54, 1.807) is 7.11 Å². The van der Waals surface area contributed by atoms with Crippen LogP contribution >= 0.6 is 0 Å². The number of ether oxygens (including phenoxy) is 1. The molecule has 1 aromatic carbocycles. The van der Waals surface area contributed by atoms with Crippen molar-refractivity contribution in [3.05, 3.63) is 41.5 Å². The van der Waals surface area contributed by atoms with Crippen molar-refractivity contribution in [2.45, 2.75) is 50.6 Å². The average Bonchev–Trinajstić information content (AvgIpc) is 3.18. The van der Waals surface area contributed by atoms with E-state index in [9.17, 15) is 0 Å². The average molecular weight is 356 g/mol. The maximum absolute atomic E-state index is 5.60. The van der Waals surface area contributed by atoms with E-state index < -0.39 is 0 Å². The van der Waals surface area contributed by atoms with Crippen molar-refractivity contribution < 1.29 is 9.26 Å². The molecular formula is C20H28N4O2. The second-order valence-corrected chi connectivity index (χ2v) is 7.32. The van der Waals surface area contributed by atoms with Crippen LogP contribution in [0.1, 0.15) is 61.3 Å². The Bertz CT molecular complexity index is 711. The Hall–Kier alpha value is -1.92. The van der Waals surface area contributed by atoms with Crippen LogP contribution < -0.4 is 10.1 Å². The summed E-state index contributed by atoms with van der Waals surface area (Å²) in [6.45, 7) is 3.53. The van der Waals surface area contributed by atoms with E-state index in [0.717, 1.165) is 37.1 Å². The number of nitrogens with zero attached hydrogens (tertiary/aromatic N) is 3. The Morgan fingerprint density at radius 1 is 1.23 bits per heavy atom. The van der Waals surface area contributed by atoms with Crippen LogP contribution in [-0.4, -0.2) is 41.8 Å². The molecule has 1 unspecified atom stereocenters. The van der Waals surface area contributed by atoms with Crippen LogP contribution in [0.4, 0.5) is 0 Å². The molecule has 6 nitrogen and oxygen atoms in total. The number of benzene rings is 1. The Balaban J connectivity index is 1.49. The van der Waals surface area contributed by atoms with Crippen molar-refractivity contribution in [1.29, 1.82) is 0 Å². The van der Waals surface area contributed by atoms with E-state index >= 15 is 0 Å². The molecule has 1 aliphatic carbocycles. The first-order valence-electron chi connectivity index (χ1n) is 9.75. The number of aromatic nitrogens is 2. The van der Waals surface area contributed by atoms with Gasteiger partial charge in [-0.1, -0.05) is 42.6 Å². The van der Waals surface area contributed by atoms with Gasteiger partial charge >= 0.3 is 0 Å². The summed E-state index contributed by atoms with van der Waals surface area (Å²) in [5.74, 6) is 3.02. The number of rotatable bonds is 5. The summed E-state index contributed by atoms with van der Waals surface area (Å²) in [5, 5.41) is 7.77. The van der Waals surface area contributed by atoms with E-state index in [2.05, 4.69) is 27.5 Å². The molecule has 2 aromatic rings. The minimum atomic E-state index is 0.247. The van der Waals surface area contributed by atoms with E-state index in [4.69, 9.17) is 14.2 Å². The SMILES string of the molecule is COc1ccccc1C1CNCCN1Cc1noc(C2CCCCC2)n1. The maximum Gasteiger partial charge on any atom is 0.229 e. The quantitative estimate of drug-likeness (QED) is 0.887. The molecule has 1 aliphatic heterocycles. The van der Waals surface area contributed by atoms with Gasteiger partial charge in [-0.25, -0.2) is 0 Å². The fraction of sp³-hybridized carbons (Fsp3) is 0.600. The van der Waals surface area contributed by atoms with E-state index in [1.165, 1.54) is 37.7 Å². The standard InChI is InChI=1S/C20H28N4O2/c1-25-18-10-6-5-9-16(18)17-13-21-11-12-24(17)14-19-22-20(26-23-19)15-7-3-2-4-8-15/h5-6,9-10,15,17,21H,2-4,7-8,11-14H2,1H3. The lowest BCUT2D eigenvalue weighted by molar-refractivity contribution is 0.146. The van der Waals surface area contributed by atoms with Crippen LogP contribution in [0.25, 0.3) is 0 Å². The van der Waals surface area contributed by atoms with Crippen molar-refractivity contribution in [2.24, 2.45) is 0 Å². The van der Waals surface area contributed by atoms with Crippen LogP contribution in [0.5, 0.6) is 5.75 Å². The van der Waals surface area contributed by atoms with Gasteiger partial charge in [0.25, 0.3) is 0 Å². The molecular weight excluding hydrogens is 328 g/mol. The highest BCUT2D eigenvalue weighted by molar-refractivity contribution is 5.36. The molecule has 0 amide bonds. The summed E-state index contributed by atoms with van der Waals surface area (Å²) in [5.41, 5.74) is 1.21. The number of methoxy groups -OCH3 is 1. The first kappa shape index (κ1) is 17.5. The molecule has 0 bridgehead atoms. The smallest absolute Gasteiger partial charge is 0.229 e.